The molecule has 0 spiro atoms. The molecular formula is C10H11N3O2. The number of carbonyl (C=O) groups excluding carboxylic acids is 1. The van der Waals surface area contributed by atoms with Gasteiger partial charge in [0.1, 0.15) is 5.75 Å². The standard InChI is InChI=1S/C10H11N3O2/c11-6-13-10(15)9(12)5-7-1-3-8(14)4-2-7/h1-4,9,14H,5,12H2,(H,13,15)/t9-/m1/s1. The first-order valence-electron chi connectivity index (χ1n) is 4.36. The van der Waals surface area contributed by atoms with E-state index in [0.29, 0.717) is 6.42 Å². The van der Waals surface area contributed by atoms with Gasteiger partial charge in [0.25, 0.3) is 0 Å². The number of nitrogens with two attached hydrogens (primary N) is 1. The fourth-order valence-corrected chi connectivity index (χ4v) is 1.13. The number of hydrogen-bond donors (Lipinski definition) is 3. The van der Waals surface area contributed by atoms with Crippen LogP contribution in [0.2, 0.25) is 0 Å². The lowest BCUT2D eigenvalue weighted by Gasteiger charge is -2.08. The molecule has 0 aromatic heterocycles. The third-order valence-electron chi connectivity index (χ3n) is 1.91. The highest BCUT2D eigenvalue weighted by atomic mass is 16.3. The van der Waals surface area contributed by atoms with Gasteiger partial charge in [-0.3, -0.25) is 10.1 Å². The van der Waals surface area contributed by atoms with E-state index < -0.39 is 11.9 Å². The average molecular weight is 205 g/mol. The van der Waals surface area contributed by atoms with Gasteiger partial charge in [-0.2, -0.15) is 5.26 Å². The molecule has 1 atom stereocenters. The maximum atomic E-state index is 11.1. The zero-order valence-corrected chi connectivity index (χ0v) is 7.97. The van der Waals surface area contributed by atoms with E-state index in [1.807, 2.05) is 5.32 Å². The molecule has 0 aliphatic heterocycles. The van der Waals surface area contributed by atoms with Crippen LogP contribution in [0.4, 0.5) is 0 Å². The number of nitrogens with one attached hydrogen (secondary N) is 1. The SMILES string of the molecule is N#CNC(=O)[C@H](N)Cc1ccc(O)cc1. The fourth-order valence-electron chi connectivity index (χ4n) is 1.13. The first-order valence-corrected chi connectivity index (χ1v) is 4.36. The van der Waals surface area contributed by atoms with Crippen molar-refractivity contribution in [2.45, 2.75) is 12.5 Å². The second-order valence-corrected chi connectivity index (χ2v) is 3.08. The highest BCUT2D eigenvalue weighted by Gasteiger charge is 2.13. The minimum absolute atomic E-state index is 0.161. The van der Waals surface area contributed by atoms with Crippen molar-refractivity contribution < 1.29 is 9.90 Å². The summed E-state index contributed by atoms with van der Waals surface area (Å²) >= 11 is 0. The molecule has 1 rings (SSSR count). The molecule has 0 saturated carbocycles. The van der Waals surface area contributed by atoms with Crippen molar-refractivity contribution in [2.24, 2.45) is 5.73 Å². The van der Waals surface area contributed by atoms with Gasteiger partial charge in [-0.15, -0.1) is 0 Å². The maximum absolute atomic E-state index is 11.1. The van der Waals surface area contributed by atoms with Crippen LogP contribution in [0.25, 0.3) is 0 Å². The van der Waals surface area contributed by atoms with E-state index in [1.54, 1.807) is 12.1 Å². The lowest BCUT2D eigenvalue weighted by molar-refractivity contribution is -0.121. The molecule has 5 nitrogen and oxygen atoms in total. The molecule has 5 heteroatoms. The molecule has 0 saturated heterocycles. The second-order valence-electron chi connectivity index (χ2n) is 3.08. The van der Waals surface area contributed by atoms with Crippen LogP contribution >= 0.6 is 0 Å². The van der Waals surface area contributed by atoms with Gasteiger partial charge in [-0.05, 0) is 24.1 Å². The largest absolute Gasteiger partial charge is 0.508 e. The van der Waals surface area contributed by atoms with Crippen LogP contribution in [-0.4, -0.2) is 17.1 Å². The number of nitriles is 1. The minimum atomic E-state index is -0.755. The van der Waals surface area contributed by atoms with Crippen molar-refractivity contribution in [3.05, 3.63) is 29.8 Å². The number of benzene rings is 1. The quantitative estimate of drug-likeness (QED) is 0.472. The average Bonchev–Trinajstić information content (AvgIpc) is 2.22. The predicted molar refractivity (Wildman–Crippen MR) is 53.5 cm³/mol. The van der Waals surface area contributed by atoms with Crippen molar-refractivity contribution in [1.82, 2.24) is 5.32 Å². The lowest BCUT2D eigenvalue weighted by Crippen LogP contribution is -2.39. The van der Waals surface area contributed by atoms with Crippen LogP contribution in [0.1, 0.15) is 5.56 Å². The summed E-state index contributed by atoms with van der Waals surface area (Å²) in [5.41, 5.74) is 6.37. The summed E-state index contributed by atoms with van der Waals surface area (Å²) in [4.78, 5) is 11.1. The zero-order chi connectivity index (χ0) is 11.3. The van der Waals surface area contributed by atoms with E-state index in [0.717, 1.165) is 5.56 Å². The molecule has 0 fully saturated rings. The summed E-state index contributed by atoms with van der Waals surface area (Å²) < 4.78 is 0. The van der Waals surface area contributed by atoms with Crippen molar-refractivity contribution in [1.29, 1.82) is 5.26 Å². The van der Waals surface area contributed by atoms with Crippen molar-refractivity contribution in [3.63, 3.8) is 0 Å². The summed E-state index contributed by atoms with van der Waals surface area (Å²) in [5, 5.41) is 19.2. The first kappa shape index (κ1) is 11.0. The van der Waals surface area contributed by atoms with Crippen molar-refractivity contribution in [2.75, 3.05) is 0 Å². The number of amides is 1. The van der Waals surface area contributed by atoms with Crippen LogP contribution in [0.15, 0.2) is 24.3 Å². The molecule has 4 N–H and O–H groups in total. The van der Waals surface area contributed by atoms with Crippen LogP contribution in [0.3, 0.4) is 0 Å². The summed E-state index contributed by atoms with van der Waals surface area (Å²) in [7, 11) is 0. The van der Waals surface area contributed by atoms with E-state index in [4.69, 9.17) is 16.1 Å². The minimum Gasteiger partial charge on any atom is -0.508 e. The Hall–Kier alpha value is -2.06. The molecule has 1 aromatic carbocycles. The van der Waals surface area contributed by atoms with Gasteiger partial charge in [0.2, 0.25) is 5.91 Å². The van der Waals surface area contributed by atoms with Gasteiger partial charge >= 0.3 is 0 Å². The second kappa shape index (κ2) is 4.98. The summed E-state index contributed by atoms with van der Waals surface area (Å²) in [6, 6.07) is 5.63. The molecule has 0 radical (unpaired) electrons. The number of phenols is 1. The van der Waals surface area contributed by atoms with Gasteiger partial charge < -0.3 is 10.8 Å². The Balaban J connectivity index is 2.59. The molecule has 0 unspecified atom stereocenters. The van der Waals surface area contributed by atoms with E-state index in [1.165, 1.54) is 18.3 Å². The van der Waals surface area contributed by atoms with E-state index in [9.17, 15) is 4.79 Å². The molecule has 1 amide bonds. The Labute approximate surface area is 87.1 Å². The fraction of sp³-hybridized carbons (Fsp3) is 0.200. The number of hydrogen-bond acceptors (Lipinski definition) is 4. The normalized spacial score (nSPS) is 11.5. The Bertz CT molecular complexity index is 381. The Morgan fingerprint density at radius 2 is 2.13 bits per heavy atom. The Kier molecular flexibility index (Phi) is 3.66. The Morgan fingerprint density at radius 3 is 2.67 bits per heavy atom. The zero-order valence-electron chi connectivity index (χ0n) is 7.97. The van der Waals surface area contributed by atoms with Crippen LogP contribution in [0.5, 0.6) is 5.75 Å². The topological polar surface area (TPSA) is 99.1 Å². The molecule has 0 bridgehead atoms. The lowest BCUT2D eigenvalue weighted by atomic mass is 10.1. The molecule has 0 aliphatic rings. The van der Waals surface area contributed by atoms with E-state index >= 15 is 0 Å². The predicted octanol–water partition coefficient (Wildman–Crippen LogP) is -0.141. The van der Waals surface area contributed by atoms with E-state index in [2.05, 4.69) is 0 Å². The summed E-state index contributed by atoms with van der Waals surface area (Å²) in [5.74, 6) is -0.348. The maximum Gasteiger partial charge on any atom is 0.250 e. The van der Waals surface area contributed by atoms with Gasteiger partial charge in [0, 0.05) is 0 Å². The summed E-state index contributed by atoms with van der Waals surface area (Å²) in [6.45, 7) is 0. The number of aromatic hydroxyl groups is 1. The molecule has 78 valence electrons. The number of nitrogens with zero attached hydrogens (tertiary/aromatic N) is 1. The van der Waals surface area contributed by atoms with Crippen molar-refractivity contribution >= 4 is 5.91 Å². The highest BCUT2D eigenvalue weighted by molar-refractivity contribution is 5.83. The van der Waals surface area contributed by atoms with E-state index in [-0.39, 0.29) is 5.75 Å². The Morgan fingerprint density at radius 1 is 1.53 bits per heavy atom. The third-order valence-corrected chi connectivity index (χ3v) is 1.91. The van der Waals surface area contributed by atoms with Crippen molar-refractivity contribution in [3.8, 4) is 11.9 Å². The van der Waals surface area contributed by atoms with Crippen LogP contribution in [-0.2, 0) is 11.2 Å². The summed E-state index contributed by atoms with van der Waals surface area (Å²) in [6.07, 6.45) is 1.85. The molecular weight excluding hydrogens is 194 g/mol. The number of phenolic OH excluding ortho intramolecular Hbond substituents is 1. The van der Waals surface area contributed by atoms with Gasteiger partial charge in [0.15, 0.2) is 6.19 Å². The first-order chi connectivity index (χ1) is 7.13. The molecule has 0 aliphatic carbocycles. The monoisotopic (exact) mass is 205 g/mol. The number of rotatable bonds is 3. The molecule has 0 heterocycles. The number of carbonyl (C=O) groups is 1. The van der Waals surface area contributed by atoms with Gasteiger partial charge in [0.05, 0.1) is 6.04 Å². The molecule has 1 aromatic rings. The van der Waals surface area contributed by atoms with Gasteiger partial charge in [-0.1, -0.05) is 12.1 Å². The van der Waals surface area contributed by atoms with Gasteiger partial charge in [-0.25, -0.2) is 0 Å². The highest BCUT2D eigenvalue weighted by Crippen LogP contribution is 2.10. The van der Waals surface area contributed by atoms with Crippen LogP contribution in [0, 0.1) is 11.5 Å². The smallest absolute Gasteiger partial charge is 0.250 e. The van der Waals surface area contributed by atoms with Crippen LogP contribution < -0.4 is 11.1 Å². The third kappa shape index (κ3) is 3.29. The molecule has 15 heavy (non-hydrogen) atoms.